The van der Waals surface area contributed by atoms with Gasteiger partial charge in [-0.25, -0.2) is 0 Å². The zero-order valence-corrected chi connectivity index (χ0v) is 11.9. The van der Waals surface area contributed by atoms with E-state index >= 15 is 0 Å². The first-order chi connectivity index (χ1) is 9.20. The molecule has 1 aromatic heterocycles. The number of nitrogens with one attached hydrogen (secondary N) is 1. The van der Waals surface area contributed by atoms with Gasteiger partial charge in [-0.2, -0.15) is 0 Å². The third kappa shape index (κ3) is 3.77. The standard InChI is InChI=1S/C15H23N3O/c1-3-7-18(11-14-5-4-6-17-14)15(19)13-8-12(2)9-16-10-13/h8-10,14,17H,3-7,11H2,1-2H3. The second kappa shape index (κ2) is 6.66. The minimum absolute atomic E-state index is 0.103. The molecule has 0 bridgehead atoms. The SMILES string of the molecule is CCCN(CC1CCCN1)C(=O)c1cncc(C)c1. The number of carbonyl (C=O) groups excluding carboxylic acids is 1. The van der Waals surface area contributed by atoms with Crippen LogP contribution in [0.2, 0.25) is 0 Å². The Labute approximate surface area is 115 Å². The van der Waals surface area contributed by atoms with Crippen LogP contribution in [0.1, 0.15) is 42.1 Å². The molecule has 1 saturated heterocycles. The van der Waals surface area contributed by atoms with Crippen LogP contribution < -0.4 is 5.32 Å². The Bertz CT molecular complexity index is 427. The summed E-state index contributed by atoms with van der Waals surface area (Å²) in [6.07, 6.45) is 6.81. The molecular weight excluding hydrogens is 238 g/mol. The predicted molar refractivity (Wildman–Crippen MR) is 76.2 cm³/mol. The van der Waals surface area contributed by atoms with E-state index < -0.39 is 0 Å². The Morgan fingerprint density at radius 1 is 1.53 bits per heavy atom. The molecular formula is C15H23N3O. The summed E-state index contributed by atoms with van der Waals surface area (Å²) in [7, 11) is 0. The second-order valence-electron chi connectivity index (χ2n) is 5.30. The number of hydrogen-bond donors (Lipinski definition) is 1. The number of pyridine rings is 1. The van der Waals surface area contributed by atoms with Crippen LogP contribution in [0.3, 0.4) is 0 Å². The van der Waals surface area contributed by atoms with Gasteiger partial charge in [0, 0.05) is 31.5 Å². The quantitative estimate of drug-likeness (QED) is 0.881. The van der Waals surface area contributed by atoms with Gasteiger partial charge < -0.3 is 10.2 Å². The summed E-state index contributed by atoms with van der Waals surface area (Å²) in [6.45, 7) is 6.76. The lowest BCUT2D eigenvalue weighted by Gasteiger charge is -2.25. The Balaban J connectivity index is 2.06. The molecule has 0 aliphatic carbocycles. The highest BCUT2D eigenvalue weighted by atomic mass is 16.2. The molecule has 2 heterocycles. The highest BCUT2D eigenvalue weighted by Crippen LogP contribution is 2.11. The van der Waals surface area contributed by atoms with Crippen LogP contribution in [0.5, 0.6) is 0 Å². The molecule has 1 aliphatic rings. The lowest BCUT2D eigenvalue weighted by molar-refractivity contribution is 0.0741. The molecule has 1 atom stereocenters. The molecule has 104 valence electrons. The number of hydrogen-bond acceptors (Lipinski definition) is 3. The molecule has 1 fully saturated rings. The fourth-order valence-electron chi connectivity index (χ4n) is 2.58. The summed E-state index contributed by atoms with van der Waals surface area (Å²) in [5.74, 6) is 0.103. The lowest BCUT2D eigenvalue weighted by Crippen LogP contribution is -2.41. The molecule has 1 amide bonds. The van der Waals surface area contributed by atoms with E-state index in [1.807, 2.05) is 17.9 Å². The predicted octanol–water partition coefficient (Wildman–Crippen LogP) is 1.99. The smallest absolute Gasteiger partial charge is 0.255 e. The largest absolute Gasteiger partial charge is 0.337 e. The van der Waals surface area contributed by atoms with E-state index in [1.165, 1.54) is 12.8 Å². The third-order valence-corrected chi connectivity index (χ3v) is 3.51. The molecule has 1 N–H and O–H groups in total. The summed E-state index contributed by atoms with van der Waals surface area (Å²) < 4.78 is 0. The second-order valence-corrected chi connectivity index (χ2v) is 5.30. The van der Waals surface area contributed by atoms with Gasteiger partial charge in [-0.15, -0.1) is 0 Å². The van der Waals surface area contributed by atoms with Crippen molar-refractivity contribution in [3.05, 3.63) is 29.6 Å². The summed E-state index contributed by atoms with van der Waals surface area (Å²) in [5.41, 5.74) is 1.73. The van der Waals surface area contributed by atoms with E-state index in [4.69, 9.17) is 0 Å². The molecule has 1 unspecified atom stereocenters. The van der Waals surface area contributed by atoms with Crippen molar-refractivity contribution < 1.29 is 4.79 Å². The van der Waals surface area contributed by atoms with Crippen LogP contribution in [0.15, 0.2) is 18.5 Å². The molecule has 1 aromatic rings. The number of aromatic nitrogens is 1. The fraction of sp³-hybridized carbons (Fsp3) is 0.600. The molecule has 4 nitrogen and oxygen atoms in total. The molecule has 0 spiro atoms. The Morgan fingerprint density at radius 2 is 2.37 bits per heavy atom. The highest BCUT2D eigenvalue weighted by molar-refractivity contribution is 5.94. The lowest BCUT2D eigenvalue weighted by atomic mass is 10.1. The van der Waals surface area contributed by atoms with Crippen molar-refractivity contribution in [2.24, 2.45) is 0 Å². The monoisotopic (exact) mass is 261 g/mol. The van der Waals surface area contributed by atoms with Crippen molar-refractivity contribution in [2.45, 2.75) is 39.2 Å². The zero-order valence-electron chi connectivity index (χ0n) is 11.9. The van der Waals surface area contributed by atoms with Crippen LogP contribution >= 0.6 is 0 Å². The number of rotatable bonds is 5. The Morgan fingerprint density at radius 3 is 3.00 bits per heavy atom. The van der Waals surface area contributed by atoms with Crippen LogP contribution in [-0.4, -0.2) is 41.5 Å². The Hall–Kier alpha value is -1.42. The summed E-state index contributed by atoms with van der Waals surface area (Å²) in [4.78, 5) is 18.6. The number of amides is 1. The van der Waals surface area contributed by atoms with E-state index in [0.29, 0.717) is 11.6 Å². The average Bonchev–Trinajstić information content (AvgIpc) is 2.90. The van der Waals surface area contributed by atoms with Gasteiger partial charge >= 0.3 is 0 Å². The first-order valence-corrected chi connectivity index (χ1v) is 7.15. The molecule has 0 aromatic carbocycles. The van der Waals surface area contributed by atoms with Crippen molar-refractivity contribution in [1.29, 1.82) is 0 Å². The van der Waals surface area contributed by atoms with Gasteiger partial charge in [0.1, 0.15) is 0 Å². The van der Waals surface area contributed by atoms with Crippen molar-refractivity contribution in [2.75, 3.05) is 19.6 Å². The maximum atomic E-state index is 12.5. The van der Waals surface area contributed by atoms with Gasteiger partial charge in [0.05, 0.1) is 5.56 Å². The normalized spacial score (nSPS) is 18.5. The average molecular weight is 261 g/mol. The Kier molecular flexibility index (Phi) is 4.91. The van der Waals surface area contributed by atoms with E-state index in [1.54, 1.807) is 12.4 Å². The number of nitrogens with zero attached hydrogens (tertiary/aromatic N) is 2. The molecule has 0 saturated carbocycles. The zero-order chi connectivity index (χ0) is 13.7. The molecule has 0 radical (unpaired) electrons. The van der Waals surface area contributed by atoms with Crippen LogP contribution in [0.25, 0.3) is 0 Å². The van der Waals surface area contributed by atoms with Crippen LogP contribution in [0, 0.1) is 6.92 Å². The van der Waals surface area contributed by atoms with Crippen LogP contribution in [0.4, 0.5) is 0 Å². The summed E-state index contributed by atoms with van der Waals surface area (Å²) >= 11 is 0. The first kappa shape index (κ1) is 14.0. The van der Waals surface area contributed by atoms with E-state index in [-0.39, 0.29) is 5.91 Å². The molecule has 1 aliphatic heterocycles. The number of carbonyl (C=O) groups is 1. The maximum absolute atomic E-state index is 12.5. The molecule has 4 heteroatoms. The summed E-state index contributed by atoms with van der Waals surface area (Å²) in [6, 6.07) is 2.37. The van der Waals surface area contributed by atoms with E-state index in [2.05, 4.69) is 17.2 Å². The van der Waals surface area contributed by atoms with Crippen molar-refractivity contribution in [1.82, 2.24) is 15.2 Å². The minimum Gasteiger partial charge on any atom is -0.337 e. The summed E-state index contributed by atoms with van der Waals surface area (Å²) in [5, 5.41) is 3.45. The third-order valence-electron chi connectivity index (χ3n) is 3.51. The van der Waals surface area contributed by atoms with E-state index in [0.717, 1.165) is 31.6 Å². The minimum atomic E-state index is 0.103. The topological polar surface area (TPSA) is 45.2 Å². The maximum Gasteiger partial charge on any atom is 0.255 e. The fourth-order valence-corrected chi connectivity index (χ4v) is 2.58. The van der Waals surface area contributed by atoms with Gasteiger partial charge in [-0.3, -0.25) is 9.78 Å². The van der Waals surface area contributed by atoms with E-state index in [9.17, 15) is 4.79 Å². The number of aryl methyl sites for hydroxylation is 1. The molecule has 2 rings (SSSR count). The van der Waals surface area contributed by atoms with Crippen LogP contribution in [-0.2, 0) is 0 Å². The van der Waals surface area contributed by atoms with Crippen molar-refractivity contribution in [3.8, 4) is 0 Å². The van der Waals surface area contributed by atoms with Crippen molar-refractivity contribution >= 4 is 5.91 Å². The van der Waals surface area contributed by atoms with Gasteiger partial charge in [0.15, 0.2) is 0 Å². The molecule has 19 heavy (non-hydrogen) atoms. The highest BCUT2D eigenvalue weighted by Gasteiger charge is 2.22. The van der Waals surface area contributed by atoms with Gasteiger partial charge in [-0.1, -0.05) is 6.92 Å². The first-order valence-electron chi connectivity index (χ1n) is 7.15. The van der Waals surface area contributed by atoms with Gasteiger partial charge in [0.25, 0.3) is 5.91 Å². The van der Waals surface area contributed by atoms with Gasteiger partial charge in [-0.05, 0) is 44.4 Å². The van der Waals surface area contributed by atoms with Crippen molar-refractivity contribution in [3.63, 3.8) is 0 Å². The van der Waals surface area contributed by atoms with Gasteiger partial charge in [0.2, 0.25) is 0 Å².